The van der Waals surface area contributed by atoms with Crippen molar-refractivity contribution in [2.75, 3.05) is 20.2 Å². The van der Waals surface area contributed by atoms with Crippen LogP contribution in [0.25, 0.3) is 0 Å². The highest BCUT2D eigenvalue weighted by Crippen LogP contribution is 2.35. The summed E-state index contributed by atoms with van der Waals surface area (Å²) in [5.74, 6) is 0.910. The van der Waals surface area contributed by atoms with Gasteiger partial charge in [0.05, 0.1) is 18.8 Å². The second-order valence-electron chi connectivity index (χ2n) is 4.87. The van der Waals surface area contributed by atoms with Crippen molar-refractivity contribution in [3.63, 3.8) is 0 Å². The van der Waals surface area contributed by atoms with Crippen molar-refractivity contribution in [3.05, 3.63) is 29.8 Å². The van der Waals surface area contributed by atoms with Gasteiger partial charge in [0, 0.05) is 18.7 Å². The van der Waals surface area contributed by atoms with Gasteiger partial charge in [-0.1, -0.05) is 32.0 Å². The molecule has 1 unspecified atom stereocenters. The van der Waals surface area contributed by atoms with Crippen molar-refractivity contribution in [3.8, 4) is 5.75 Å². The number of benzene rings is 1. The van der Waals surface area contributed by atoms with Gasteiger partial charge in [0.2, 0.25) is 0 Å². The van der Waals surface area contributed by atoms with Crippen LogP contribution in [0.5, 0.6) is 5.75 Å². The van der Waals surface area contributed by atoms with E-state index in [0.717, 1.165) is 37.2 Å². The van der Waals surface area contributed by atoms with Crippen molar-refractivity contribution in [1.82, 2.24) is 5.32 Å². The minimum Gasteiger partial charge on any atom is -0.496 e. The van der Waals surface area contributed by atoms with Crippen LogP contribution in [0.3, 0.4) is 0 Å². The first kappa shape index (κ1) is 13.4. The standard InChI is InChI=1S/C15H23NO2/c1-4-15(5-2)11-16-10-14(18-15)12-8-6-7-9-13(12)17-3/h6-9,14,16H,4-5,10-11H2,1-3H3. The zero-order valence-corrected chi connectivity index (χ0v) is 11.5. The lowest BCUT2D eigenvalue weighted by atomic mass is 9.93. The van der Waals surface area contributed by atoms with E-state index in [1.165, 1.54) is 0 Å². The summed E-state index contributed by atoms with van der Waals surface area (Å²) in [6.45, 7) is 6.17. The van der Waals surface area contributed by atoms with Crippen LogP contribution in [0.1, 0.15) is 38.4 Å². The predicted octanol–water partition coefficient (Wildman–Crippen LogP) is 2.91. The molecule has 0 aliphatic carbocycles. The molecule has 18 heavy (non-hydrogen) atoms. The molecule has 2 rings (SSSR count). The van der Waals surface area contributed by atoms with Gasteiger partial charge < -0.3 is 14.8 Å². The Hall–Kier alpha value is -1.06. The third-order valence-corrected chi connectivity index (χ3v) is 3.94. The molecule has 1 N–H and O–H groups in total. The molecule has 100 valence electrons. The number of para-hydroxylation sites is 1. The molecule has 1 aliphatic heterocycles. The third kappa shape index (κ3) is 2.52. The molecular weight excluding hydrogens is 226 g/mol. The van der Waals surface area contributed by atoms with Crippen LogP contribution >= 0.6 is 0 Å². The van der Waals surface area contributed by atoms with Crippen LogP contribution in [0.15, 0.2) is 24.3 Å². The molecule has 0 bridgehead atoms. The molecule has 1 aromatic rings. The van der Waals surface area contributed by atoms with Crippen molar-refractivity contribution in [2.24, 2.45) is 0 Å². The Bertz CT molecular complexity index is 388. The van der Waals surface area contributed by atoms with Gasteiger partial charge >= 0.3 is 0 Å². The summed E-state index contributed by atoms with van der Waals surface area (Å²) < 4.78 is 11.8. The number of nitrogens with one attached hydrogen (secondary N) is 1. The first-order chi connectivity index (χ1) is 8.74. The second kappa shape index (κ2) is 5.72. The third-order valence-electron chi connectivity index (χ3n) is 3.94. The molecular formula is C15H23NO2. The molecule has 3 heteroatoms. The number of morpholine rings is 1. The van der Waals surface area contributed by atoms with Crippen molar-refractivity contribution < 1.29 is 9.47 Å². The SMILES string of the molecule is CCC1(CC)CNCC(c2ccccc2OC)O1. The molecule has 1 fully saturated rings. The first-order valence-electron chi connectivity index (χ1n) is 6.76. The highest BCUT2D eigenvalue weighted by atomic mass is 16.5. The van der Waals surface area contributed by atoms with E-state index < -0.39 is 0 Å². The van der Waals surface area contributed by atoms with Crippen molar-refractivity contribution in [2.45, 2.75) is 38.4 Å². The van der Waals surface area contributed by atoms with E-state index in [2.05, 4.69) is 25.2 Å². The van der Waals surface area contributed by atoms with E-state index in [9.17, 15) is 0 Å². The molecule has 1 atom stereocenters. The highest BCUT2D eigenvalue weighted by Gasteiger charge is 2.35. The summed E-state index contributed by atoms with van der Waals surface area (Å²) in [7, 11) is 1.71. The van der Waals surface area contributed by atoms with Crippen LogP contribution in [0.2, 0.25) is 0 Å². The van der Waals surface area contributed by atoms with Gasteiger partial charge in [-0.05, 0) is 18.9 Å². The summed E-state index contributed by atoms with van der Waals surface area (Å²) >= 11 is 0. The van der Waals surface area contributed by atoms with Gasteiger partial charge in [0.1, 0.15) is 5.75 Å². The van der Waals surface area contributed by atoms with Crippen molar-refractivity contribution in [1.29, 1.82) is 0 Å². The molecule has 0 saturated carbocycles. The van der Waals surface area contributed by atoms with E-state index >= 15 is 0 Å². The van der Waals surface area contributed by atoms with E-state index in [-0.39, 0.29) is 11.7 Å². The Morgan fingerprint density at radius 1 is 1.33 bits per heavy atom. The molecule has 3 nitrogen and oxygen atoms in total. The number of ether oxygens (including phenoxy) is 2. The maximum absolute atomic E-state index is 6.36. The summed E-state index contributed by atoms with van der Waals surface area (Å²) in [6, 6.07) is 8.11. The first-order valence-corrected chi connectivity index (χ1v) is 6.76. The minimum atomic E-state index is -0.0379. The Balaban J connectivity index is 2.23. The maximum Gasteiger partial charge on any atom is 0.124 e. The lowest BCUT2D eigenvalue weighted by molar-refractivity contribution is -0.123. The van der Waals surface area contributed by atoms with Crippen molar-refractivity contribution >= 4 is 0 Å². The average molecular weight is 249 g/mol. The van der Waals surface area contributed by atoms with Gasteiger partial charge in [0.15, 0.2) is 0 Å². The number of hydrogen-bond acceptors (Lipinski definition) is 3. The zero-order chi connectivity index (χ0) is 13.0. The fraction of sp³-hybridized carbons (Fsp3) is 0.600. The van der Waals surface area contributed by atoms with E-state index in [0.29, 0.717) is 0 Å². The van der Waals surface area contributed by atoms with Crippen LogP contribution in [0.4, 0.5) is 0 Å². The molecule has 0 aromatic heterocycles. The molecule has 0 radical (unpaired) electrons. The lowest BCUT2D eigenvalue weighted by Gasteiger charge is -2.41. The number of rotatable bonds is 4. The Kier molecular flexibility index (Phi) is 4.25. The van der Waals surface area contributed by atoms with Gasteiger partial charge in [-0.3, -0.25) is 0 Å². The highest BCUT2D eigenvalue weighted by molar-refractivity contribution is 5.35. The largest absolute Gasteiger partial charge is 0.496 e. The fourth-order valence-electron chi connectivity index (χ4n) is 2.59. The number of methoxy groups -OCH3 is 1. The van der Waals surface area contributed by atoms with Crippen LogP contribution in [0, 0.1) is 0 Å². The van der Waals surface area contributed by atoms with Gasteiger partial charge in [-0.15, -0.1) is 0 Å². The maximum atomic E-state index is 6.36. The van der Waals surface area contributed by atoms with Gasteiger partial charge in [-0.2, -0.15) is 0 Å². The van der Waals surface area contributed by atoms with Crippen LogP contribution < -0.4 is 10.1 Å². The monoisotopic (exact) mass is 249 g/mol. The van der Waals surface area contributed by atoms with E-state index in [4.69, 9.17) is 9.47 Å². The average Bonchev–Trinajstić information content (AvgIpc) is 2.47. The van der Waals surface area contributed by atoms with Crippen LogP contribution in [-0.4, -0.2) is 25.8 Å². The van der Waals surface area contributed by atoms with E-state index in [1.54, 1.807) is 7.11 Å². The smallest absolute Gasteiger partial charge is 0.124 e. The minimum absolute atomic E-state index is 0.0379. The molecule has 1 aliphatic rings. The zero-order valence-electron chi connectivity index (χ0n) is 11.5. The summed E-state index contributed by atoms with van der Waals surface area (Å²) in [5, 5.41) is 3.50. The predicted molar refractivity (Wildman–Crippen MR) is 73.0 cm³/mol. The van der Waals surface area contributed by atoms with Crippen LogP contribution in [-0.2, 0) is 4.74 Å². The Labute approximate surface area is 109 Å². The molecule has 0 spiro atoms. The fourth-order valence-corrected chi connectivity index (χ4v) is 2.59. The topological polar surface area (TPSA) is 30.5 Å². The lowest BCUT2D eigenvalue weighted by Crippen LogP contribution is -2.50. The summed E-state index contributed by atoms with van der Waals surface area (Å²) in [5.41, 5.74) is 1.10. The molecule has 0 amide bonds. The normalized spacial score (nSPS) is 22.7. The second-order valence-corrected chi connectivity index (χ2v) is 4.87. The Morgan fingerprint density at radius 3 is 2.72 bits per heavy atom. The quantitative estimate of drug-likeness (QED) is 0.890. The van der Waals surface area contributed by atoms with Gasteiger partial charge in [0.25, 0.3) is 0 Å². The summed E-state index contributed by atoms with van der Waals surface area (Å²) in [4.78, 5) is 0. The molecule has 1 heterocycles. The molecule has 1 saturated heterocycles. The van der Waals surface area contributed by atoms with Gasteiger partial charge in [-0.25, -0.2) is 0 Å². The number of hydrogen-bond donors (Lipinski definition) is 1. The van der Waals surface area contributed by atoms with E-state index in [1.807, 2.05) is 18.2 Å². The summed E-state index contributed by atoms with van der Waals surface area (Å²) in [6.07, 6.45) is 2.14. The molecule has 1 aromatic carbocycles. The Morgan fingerprint density at radius 2 is 2.06 bits per heavy atom.